The van der Waals surface area contributed by atoms with E-state index < -0.39 is 0 Å². The summed E-state index contributed by atoms with van der Waals surface area (Å²) >= 11 is 0. The van der Waals surface area contributed by atoms with Gasteiger partial charge in [0, 0.05) is 5.92 Å². The molecule has 2 rings (SSSR count). The van der Waals surface area contributed by atoms with Crippen LogP contribution in [-0.4, -0.2) is 0 Å². The minimum absolute atomic E-state index is 0.369. The molecule has 1 nitrogen and oxygen atoms in total. The quantitative estimate of drug-likeness (QED) is 0.673. The molecule has 0 saturated heterocycles. The highest BCUT2D eigenvalue weighted by atomic mass is 14.4. The number of nitriles is 1. The second-order valence-electron chi connectivity index (χ2n) is 6.47. The standard InChI is InChI=1S/C16H27N/c1-3-13-6-9-16(12(2)10-13)15-7-4-14(11-17)5-8-15/h12-16H,3-10H2,1-2H3/t12?,13?,14-,15-,16?. The molecule has 2 aliphatic carbocycles. The van der Waals surface area contributed by atoms with Crippen LogP contribution in [0, 0.1) is 40.9 Å². The van der Waals surface area contributed by atoms with Gasteiger partial charge in [-0.15, -0.1) is 0 Å². The van der Waals surface area contributed by atoms with Crippen molar-refractivity contribution in [3.05, 3.63) is 0 Å². The van der Waals surface area contributed by atoms with Gasteiger partial charge in [-0.3, -0.25) is 0 Å². The maximum absolute atomic E-state index is 8.96. The number of nitrogens with zero attached hydrogens (tertiary/aromatic N) is 1. The molecule has 2 aliphatic rings. The molecule has 0 bridgehead atoms. The average Bonchev–Trinajstić information content (AvgIpc) is 2.39. The van der Waals surface area contributed by atoms with Crippen LogP contribution in [0.3, 0.4) is 0 Å². The summed E-state index contributed by atoms with van der Waals surface area (Å²) in [5.74, 6) is 4.20. The van der Waals surface area contributed by atoms with Gasteiger partial charge in [0.2, 0.25) is 0 Å². The Bertz CT molecular complexity index is 270. The zero-order chi connectivity index (χ0) is 12.3. The van der Waals surface area contributed by atoms with Crippen molar-refractivity contribution in [3.63, 3.8) is 0 Å². The number of hydrogen-bond donors (Lipinski definition) is 0. The third kappa shape index (κ3) is 3.03. The lowest BCUT2D eigenvalue weighted by Gasteiger charge is -2.40. The van der Waals surface area contributed by atoms with Crippen LogP contribution in [0.2, 0.25) is 0 Å². The molecular formula is C16H27N. The fraction of sp³-hybridized carbons (Fsp3) is 0.938. The Morgan fingerprint density at radius 1 is 1.06 bits per heavy atom. The molecule has 0 N–H and O–H groups in total. The minimum Gasteiger partial charge on any atom is -0.198 e. The van der Waals surface area contributed by atoms with E-state index in [2.05, 4.69) is 19.9 Å². The molecule has 0 aliphatic heterocycles. The van der Waals surface area contributed by atoms with Crippen LogP contribution in [0.25, 0.3) is 0 Å². The number of hydrogen-bond acceptors (Lipinski definition) is 1. The Labute approximate surface area is 107 Å². The van der Waals surface area contributed by atoms with Crippen molar-refractivity contribution in [2.75, 3.05) is 0 Å². The van der Waals surface area contributed by atoms with Gasteiger partial charge in [-0.25, -0.2) is 0 Å². The smallest absolute Gasteiger partial charge is 0.0655 e. The lowest BCUT2D eigenvalue weighted by Crippen LogP contribution is -2.31. The fourth-order valence-electron chi connectivity index (χ4n) is 4.28. The van der Waals surface area contributed by atoms with Crippen LogP contribution < -0.4 is 0 Å². The summed E-state index contributed by atoms with van der Waals surface area (Å²) in [7, 11) is 0. The van der Waals surface area contributed by atoms with Crippen LogP contribution >= 0.6 is 0 Å². The largest absolute Gasteiger partial charge is 0.198 e. The van der Waals surface area contributed by atoms with Gasteiger partial charge in [0.1, 0.15) is 0 Å². The van der Waals surface area contributed by atoms with Gasteiger partial charge in [-0.2, -0.15) is 5.26 Å². The predicted molar refractivity (Wildman–Crippen MR) is 71.3 cm³/mol. The van der Waals surface area contributed by atoms with Crippen LogP contribution in [0.15, 0.2) is 0 Å². The van der Waals surface area contributed by atoms with Crippen molar-refractivity contribution >= 4 is 0 Å². The first-order valence-corrected chi connectivity index (χ1v) is 7.64. The zero-order valence-corrected chi connectivity index (χ0v) is 11.5. The Morgan fingerprint density at radius 2 is 1.76 bits per heavy atom. The van der Waals surface area contributed by atoms with E-state index in [9.17, 15) is 0 Å². The summed E-state index contributed by atoms with van der Waals surface area (Å²) in [6, 6.07) is 2.45. The molecule has 0 heterocycles. The van der Waals surface area contributed by atoms with Crippen LogP contribution in [0.5, 0.6) is 0 Å². The van der Waals surface area contributed by atoms with Gasteiger partial charge in [-0.05, 0) is 62.2 Å². The number of rotatable bonds is 2. The lowest BCUT2D eigenvalue weighted by atomic mass is 9.65. The van der Waals surface area contributed by atoms with Gasteiger partial charge in [-0.1, -0.05) is 26.7 Å². The molecule has 0 radical (unpaired) electrons. The highest BCUT2D eigenvalue weighted by molar-refractivity contribution is 4.90. The predicted octanol–water partition coefficient (Wildman–Crippen LogP) is 4.78. The summed E-state index contributed by atoms with van der Waals surface area (Å²) < 4.78 is 0. The average molecular weight is 233 g/mol. The molecular weight excluding hydrogens is 206 g/mol. The van der Waals surface area contributed by atoms with E-state index in [1.165, 1.54) is 51.4 Å². The van der Waals surface area contributed by atoms with E-state index in [4.69, 9.17) is 5.26 Å². The van der Waals surface area contributed by atoms with Gasteiger partial charge in [0.05, 0.1) is 6.07 Å². The SMILES string of the molecule is CCC1CCC([C@H]2CC[C@H](C#N)CC2)C(C)C1. The Morgan fingerprint density at radius 3 is 2.29 bits per heavy atom. The third-order valence-corrected chi connectivity index (χ3v) is 5.48. The van der Waals surface area contributed by atoms with Crippen molar-refractivity contribution in [3.8, 4) is 6.07 Å². The molecule has 3 atom stereocenters. The summed E-state index contributed by atoms with van der Waals surface area (Å²) in [5, 5.41) is 8.96. The molecule has 96 valence electrons. The minimum atomic E-state index is 0.369. The molecule has 2 saturated carbocycles. The van der Waals surface area contributed by atoms with Crippen molar-refractivity contribution in [1.29, 1.82) is 5.26 Å². The molecule has 0 aromatic heterocycles. The second-order valence-corrected chi connectivity index (χ2v) is 6.47. The van der Waals surface area contributed by atoms with E-state index in [1.54, 1.807) is 0 Å². The lowest BCUT2D eigenvalue weighted by molar-refractivity contribution is 0.102. The van der Waals surface area contributed by atoms with E-state index in [0.717, 1.165) is 23.7 Å². The summed E-state index contributed by atoms with van der Waals surface area (Å²) in [5.41, 5.74) is 0. The first-order chi connectivity index (χ1) is 8.24. The molecule has 0 aromatic carbocycles. The maximum atomic E-state index is 8.96. The molecule has 0 aromatic rings. The second kappa shape index (κ2) is 5.89. The third-order valence-electron chi connectivity index (χ3n) is 5.48. The molecule has 0 amide bonds. The van der Waals surface area contributed by atoms with Crippen molar-refractivity contribution in [2.45, 2.75) is 65.2 Å². The molecule has 1 heteroatoms. The van der Waals surface area contributed by atoms with E-state index in [-0.39, 0.29) is 0 Å². The molecule has 0 spiro atoms. The van der Waals surface area contributed by atoms with Crippen molar-refractivity contribution in [1.82, 2.24) is 0 Å². The first-order valence-electron chi connectivity index (χ1n) is 7.64. The summed E-state index contributed by atoms with van der Waals surface area (Å²) in [6.45, 7) is 4.82. The summed E-state index contributed by atoms with van der Waals surface area (Å²) in [6.07, 6.45) is 10.7. The van der Waals surface area contributed by atoms with Gasteiger partial charge in [0.15, 0.2) is 0 Å². The Hall–Kier alpha value is -0.510. The Balaban J connectivity index is 1.85. The van der Waals surface area contributed by atoms with Gasteiger partial charge in [0.25, 0.3) is 0 Å². The van der Waals surface area contributed by atoms with Crippen LogP contribution in [0.4, 0.5) is 0 Å². The van der Waals surface area contributed by atoms with Crippen LogP contribution in [-0.2, 0) is 0 Å². The van der Waals surface area contributed by atoms with Gasteiger partial charge >= 0.3 is 0 Å². The Kier molecular flexibility index (Phi) is 4.48. The zero-order valence-electron chi connectivity index (χ0n) is 11.5. The maximum Gasteiger partial charge on any atom is 0.0655 e. The van der Waals surface area contributed by atoms with E-state index >= 15 is 0 Å². The van der Waals surface area contributed by atoms with Crippen LogP contribution in [0.1, 0.15) is 65.2 Å². The normalized spacial score (nSPS) is 43.0. The van der Waals surface area contributed by atoms with Crippen molar-refractivity contribution in [2.24, 2.45) is 29.6 Å². The first kappa shape index (κ1) is 12.9. The summed E-state index contributed by atoms with van der Waals surface area (Å²) in [4.78, 5) is 0. The van der Waals surface area contributed by atoms with E-state index in [1.807, 2.05) is 0 Å². The van der Waals surface area contributed by atoms with Gasteiger partial charge < -0.3 is 0 Å². The fourth-order valence-corrected chi connectivity index (χ4v) is 4.28. The molecule has 17 heavy (non-hydrogen) atoms. The highest BCUT2D eigenvalue weighted by Gasteiger charge is 2.34. The van der Waals surface area contributed by atoms with Crippen molar-refractivity contribution < 1.29 is 0 Å². The topological polar surface area (TPSA) is 23.8 Å². The monoisotopic (exact) mass is 233 g/mol. The highest BCUT2D eigenvalue weighted by Crippen LogP contribution is 2.44. The molecule has 3 unspecified atom stereocenters. The van der Waals surface area contributed by atoms with E-state index in [0.29, 0.717) is 5.92 Å². The molecule has 2 fully saturated rings.